The minimum atomic E-state index is -0.273. The molecule has 1 heterocycles. The van der Waals surface area contributed by atoms with Gasteiger partial charge in [0.25, 0.3) is 0 Å². The molecule has 25 heavy (non-hydrogen) atoms. The highest BCUT2D eigenvalue weighted by Gasteiger charge is 2.21. The predicted molar refractivity (Wildman–Crippen MR) is 97.8 cm³/mol. The van der Waals surface area contributed by atoms with Gasteiger partial charge in [-0.05, 0) is 38.2 Å². The number of piperazine rings is 1. The number of hydrogen-bond acceptors (Lipinski definition) is 2. The van der Waals surface area contributed by atoms with Gasteiger partial charge in [0, 0.05) is 44.8 Å². The molecule has 1 aromatic carbocycles. The Labute approximate surface area is 149 Å². The number of hydrogen-bond donors (Lipinski definition) is 1. The summed E-state index contributed by atoms with van der Waals surface area (Å²) in [4.78, 5) is 16.5. The molecule has 5 heteroatoms. The van der Waals surface area contributed by atoms with Crippen LogP contribution >= 0.6 is 0 Å². The van der Waals surface area contributed by atoms with Crippen molar-refractivity contribution in [2.45, 2.75) is 38.6 Å². The van der Waals surface area contributed by atoms with E-state index >= 15 is 0 Å². The molecule has 0 aromatic heterocycles. The van der Waals surface area contributed by atoms with Crippen LogP contribution in [-0.2, 0) is 6.54 Å². The normalized spacial score (nSPS) is 18.8. The maximum Gasteiger partial charge on any atom is 0.317 e. The van der Waals surface area contributed by atoms with Crippen molar-refractivity contribution in [3.8, 4) is 0 Å². The number of benzene rings is 1. The minimum absolute atomic E-state index is 0.0992. The molecule has 1 aromatic rings. The minimum Gasteiger partial charge on any atom is -0.334 e. The smallest absolute Gasteiger partial charge is 0.317 e. The number of halogens is 1. The Kier molecular flexibility index (Phi) is 6.45. The third kappa shape index (κ3) is 5.30. The largest absolute Gasteiger partial charge is 0.334 e. The van der Waals surface area contributed by atoms with Crippen LogP contribution in [0, 0.1) is 5.82 Å². The first-order valence-corrected chi connectivity index (χ1v) is 9.39. The van der Waals surface area contributed by atoms with Gasteiger partial charge < -0.3 is 10.2 Å². The second kappa shape index (κ2) is 8.99. The molecule has 2 amide bonds. The molecule has 136 valence electrons. The van der Waals surface area contributed by atoms with E-state index in [1.807, 2.05) is 4.90 Å². The van der Waals surface area contributed by atoms with E-state index in [1.165, 1.54) is 38.2 Å². The van der Waals surface area contributed by atoms with E-state index in [9.17, 15) is 9.18 Å². The van der Waals surface area contributed by atoms with Crippen molar-refractivity contribution in [1.82, 2.24) is 15.1 Å². The molecule has 0 spiro atoms. The topological polar surface area (TPSA) is 35.6 Å². The molecule has 0 atom stereocenters. The van der Waals surface area contributed by atoms with Crippen LogP contribution in [-0.4, -0.2) is 48.6 Å². The average Bonchev–Trinajstić information content (AvgIpc) is 2.67. The van der Waals surface area contributed by atoms with Crippen LogP contribution in [0.5, 0.6) is 0 Å². The van der Waals surface area contributed by atoms with Crippen LogP contribution in [0.2, 0.25) is 0 Å². The van der Waals surface area contributed by atoms with Gasteiger partial charge in [-0.3, -0.25) is 4.90 Å². The maximum absolute atomic E-state index is 13.6. The van der Waals surface area contributed by atoms with Gasteiger partial charge in [-0.1, -0.05) is 29.8 Å². The molecule has 1 aliphatic heterocycles. The Balaban J connectivity index is 1.37. The first-order valence-electron chi connectivity index (χ1n) is 9.39. The molecule has 1 saturated heterocycles. The van der Waals surface area contributed by atoms with Gasteiger partial charge in [0.05, 0.1) is 0 Å². The van der Waals surface area contributed by atoms with Crippen LogP contribution in [0.3, 0.4) is 0 Å². The second-order valence-corrected chi connectivity index (χ2v) is 6.94. The molecule has 1 N–H and O–H groups in total. The van der Waals surface area contributed by atoms with E-state index in [2.05, 4.69) is 16.3 Å². The van der Waals surface area contributed by atoms with E-state index in [0.717, 1.165) is 32.7 Å². The van der Waals surface area contributed by atoms with Crippen molar-refractivity contribution in [1.29, 1.82) is 0 Å². The van der Waals surface area contributed by atoms with E-state index in [-0.39, 0.29) is 18.4 Å². The van der Waals surface area contributed by atoms with Crippen molar-refractivity contribution in [2.75, 3.05) is 32.7 Å². The molecule has 0 saturated carbocycles. The highest BCUT2D eigenvalue weighted by molar-refractivity contribution is 5.74. The van der Waals surface area contributed by atoms with Crippen LogP contribution in [0.25, 0.3) is 0 Å². The summed E-state index contributed by atoms with van der Waals surface area (Å²) in [5, 5.41) is 2.83. The lowest BCUT2D eigenvalue weighted by Gasteiger charge is -2.35. The molecule has 0 unspecified atom stereocenters. The number of nitrogens with zero attached hydrogens (tertiary/aromatic N) is 2. The van der Waals surface area contributed by atoms with E-state index < -0.39 is 0 Å². The van der Waals surface area contributed by atoms with Crippen LogP contribution < -0.4 is 5.32 Å². The van der Waals surface area contributed by atoms with Gasteiger partial charge >= 0.3 is 6.03 Å². The molecule has 4 nitrogen and oxygen atoms in total. The molecule has 0 radical (unpaired) electrons. The molecule has 1 aliphatic carbocycles. The van der Waals surface area contributed by atoms with Crippen molar-refractivity contribution in [3.05, 3.63) is 47.3 Å². The molecule has 1 fully saturated rings. The number of urea groups is 1. The number of carbonyl (C=O) groups excluding carboxylic acids is 1. The lowest BCUT2D eigenvalue weighted by atomic mass is 9.97. The summed E-state index contributed by atoms with van der Waals surface area (Å²) in [6.07, 6.45) is 8.76. The lowest BCUT2D eigenvalue weighted by Crippen LogP contribution is -2.51. The maximum atomic E-state index is 13.6. The summed E-state index contributed by atoms with van der Waals surface area (Å²) in [6.45, 7) is 4.64. The van der Waals surface area contributed by atoms with Gasteiger partial charge in [-0.25, -0.2) is 9.18 Å². The highest BCUT2D eigenvalue weighted by atomic mass is 19.1. The van der Waals surface area contributed by atoms with E-state index in [0.29, 0.717) is 5.56 Å². The zero-order valence-corrected chi connectivity index (χ0v) is 14.8. The van der Waals surface area contributed by atoms with Crippen LogP contribution in [0.4, 0.5) is 9.18 Å². The second-order valence-electron chi connectivity index (χ2n) is 6.94. The van der Waals surface area contributed by atoms with Crippen molar-refractivity contribution in [2.24, 2.45) is 0 Å². The van der Waals surface area contributed by atoms with Gasteiger partial charge in [0.1, 0.15) is 5.82 Å². The standard InChI is InChI=1S/C20H28FN3O/c21-19-9-5-4-8-18(19)16-22-20(25)24-14-12-23(13-15-24)11-10-17-6-2-1-3-7-17/h4-6,8-9H,1-3,7,10-16H2,(H,22,25). The van der Waals surface area contributed by atoms with E-state index in [1.54, 1.807) is 23.8 Å². The van der Waals surface area contributed by atoms with Crippen molar-refractivity contribution < 1.29 is 9.18 Å². The summed E-state index contributed by atoms with van der Waals surface area (Å²) in [7, 11) is 0. The molecule has 2 aliphatic rings. The zero-order valence-electron chi connectivity index (χ0n) is 14.8. The Morgan fingerprint density at radius 1 is 1.12 bits per heavy atom. The third-order valence-electron chi connectivity index (χ3n) is 5.18. The SMILES string of the molecule is O=C(NCc1ccccc1F)N1CCN(CCC2=CCCCC2)CC1. The van der Waals surface area contributed by atoms with Crippen molar-refractivity contribution >= 4 is 6.03 Å². The number of amides is 2. The molecule has 0 bridgehead atoms. The van der Waals surface area contributed by atoms with Gasteiger partial charge in [-0.2, -0.15) is 0 Å². The lowest BCUT2D eigenvalue weighted by molar-refractivity contribution is 0.139. The van der Waals surface area contributed by atoms with Crippen LogP contribution in [0.15, 0.2) is 35.9 Å². The quantitative estimate of drug-likeness (QED) is 0.829. The summed E-state index contributed by atoms with van der Waals surface area (Å²) >= 11 is 0. The molecular formula is C20H28FN3O. The first kappa shape index (κ1) is 17.9. The third-order valence-corrected chi connectivity index (χ3v) is 5.18. The fourth-order valence-electron chi connectivity index (χ4n) is 3.53. The van der Waals surface area contributed by atoms with E-state index in [4.69, 9.17) is 0 Å². The summed E-state index contributed by atoms with van der Waals surface area (Å²) < 4.78 is 13.6. The Bertz CT molecular complexity index is 609. The number of rotatable bonds is 5. The summed E-state index contributed by atoms with van der Waals surface area (Å²) in [6, 6.07) is 6.46. The first-order chi connectivity index (χ1) is 12.2. The Morgan fingerprint density at radius 3 is 2.64 bits per heavy atom. The van der Waals surface area contributed by atoms with Crippen molar-refractivity contribution in [3.63, 3.8) is 0 Å². The number of allylic oxidation sites excluding steroid dienone is 1. The van der Waals surface area contributed by atoms with Crippen LogP contribution in [0.1, 0.15) is 37.7 Å². The Morgan fingerprint density at radius 2 is 1.92 bits per heavy atom. The number of carbonyl (C=O) groups is 1. The highest BCUT2D eigenvalue weighted by Crippen LogP contribution is 2.20. The number of nitrogens with one attached hydrogen (secondary N) is 1. The average molecular weight is 345 g/mol. The monoisotopic (exact) mass is 345 g/mol. The van der Waals surface area contributed by atoms with Gasteiger partial charge in [0.2, 0.25) is 0 Å². The molecular weight excluding hydrogens is 317 g/mol. The predicted octanol–water partition coefficient (Wildman–Crippen LogP) is 3.54. The Hall–Kier alpha value is -1.88. The summed E-state index contributed by atoms with van der Waals surface area (Å²) in [5.41, 5.74) is 2.13. The summed E-state index contributed by atoms with van der Waals surface area (Å²) in [5.74, 6) is -0.273. The zero-order chi connectivity index (χ0) is 17.5. The van der Waals surface area contributed by atoms with Gasteiger partial charge in [-0.15, -0.1) is 0 Å². The van der Waals surface area contributed by atoms with Gasteiger partial charge in [0.15, 0.2) is 0 Å². The fourth-order valence-corrected chi connectivity index (χ4v) is 3.53. The fraction of sp³-hybridized carbons (Fsp3) is 0.550. The molecule has 3 rings (SSSR count).